The number of hydrogen-bond acceptors (Lipinski definition) is 4. The molecule has 1 N–H and O–H groups in total. The Morgan fingerprint density at radius 1 is 0.466 bits per heavy atom. The third-order valence-electron chi connectivity index (χ3n) is 12.4. The average Bonchev–Trinajstić information content (AvgIpc) is 4.04. The van der Waals surface area contributed by atoms with Crippen molar-refractivity contribution in [1.29, 1.82) is 0 Å². The number of furan rings is 1. The van der Waals surface area contributed by atoms with Crippen LogP contribution in [-0.4, -0.2) is 12.3 Å². The lowest BCUT2D eigenvalue weighted by atomic mass is 9.57. The summed E-state index contributed by atoms with van der Waals surface area (Å²) in [4.78, 5) is 6.48. The maximum atomic E-state index is 6.87. The number of nitrogens with zero attached hydrogens (tertiary/aromatic N) is 1. The summed E-state index contributed by atoms with van der Waals surface area (Å²) >= 11 is 3.73. The molecule has 0 amide bonds. The quantitative estimate of drug-likeness (QED) is 0.178. The highest BCUT2D eigenvalue weighted by Crippen LogP contribution is 2.48. The first-order chi connectivity index (χ1) is 28.7. The second-order valence-electron chi connectivity index (χ2n) is 15.5. The van der Waals surface area contributed by atoms with E-state index < -0.39 is 0 Å². The first-order valence-electron chi connectivity index (χ1n) is 19.7. The van der Waals surface area contributed by atoms with Gasteiger partial charge < -0.3 is 14.3 Å². The van der Waals surface area contributed by atoms with Gasteiger partial charge in [-0.25, -0.2) is 0 Å². The smallest absolute Gasteiger partial charge is 0.197 e. The number of H-pyrrole nitrogens is 1. The summed E-state index contributed by atoms with van der Waals surface area (Å²) in [5, 5.41) is 12.3. The zero-order valence-corrected chi connectivity index (χ0v) is 32.5. The number of aromatic nitrogens is 1. The van der Waals surface area contributed by atoms with Crippen molar-refractivity contribution in [1.82, 2.24) is 4.98 Å². The minimum atomic E-state index is 0.875. The van der Waals surface area contributed by atoms with E-state index in [9.17, 15) is 0 Å². The zero-order chi connectivity index (χ0) is 37.6. The van der Waals surface area contributed by atoms with Crippen molar-refractivity contribution >= 4 is 153 Å². The molecule has 0 spiro atoms. The van der Waals surface area contributed by atoms with Crippen LogP contribution < -0.4 is 15.8 Å². The number of fused-ring (bicyclic) bond motifs is 16. The van der Waals surface area contributed by atoms with Gasteiger partial charge >= 0.3 is 0 Å². The summed E-state index contributed by atoms with van der Waals surface area (Å²) in [6, 6.07) is 60.2. The van der Waals surface area contributed by atoms with Crippen LogP contribution in [-0.2, 0) is 0 Å². The molecule has 58 heavy (non-hydrogen) atoms. The molecular weight excluding hydrogens is 744 g/mol. The SMILES string of the molecule is [B]1c2cc3sc4ccccc4c3cc2N(c2ccc3sc4ccccc4c3c2)c2cc3oc4ccccc4c3c(-c3cccc4c3[nH]c3c5ccccc5ccc43)c21. The minimum Gasteiger partial charge on any atom is -0.456 e. The van der Waals surface area contributed by atoms with E-state index in [0.29, 0.717) is 0 Å². The van der Waals surface area contributed by atoms with E-state index in [-0.39, 0.29) is 0 Å². The molecule has 9 aromatic carbocycles. The first-order valence-corrected chi connectivity index (χ1v) is 21.3. The highest BCUT2D eigenvalue weighted by molar-refractivity contribution is 7.26. The van der Waals surface area contributed by atoms with Gasteiger partial charge in [-0.2, -0.15) is 0 Å². The minimum absolute atomic E-state index is 0.875. The number of para-hydroxylation sites is 2. The molecule has 0 fully saturated rings. The number of rotatable bonds is 2. The average molecular weight is 772 g/mol. The molecule has 0 saturated heterocycles. The van der Waals surface area contributed by atoms with Crippen molar-refractivity contribution in [2.45, 2.75) is 0 Å². The standard InChI is InChI=1S/C52H28BN2OS2/c1-2-11-30-28(10-1)20-22-34-33-15-9-16-36(52(33)54-51(30)34)49-48-35-14-3-6-17-42(35)56-43(48)27-41-50(49)53-39-26-47-38(32-13-5-8-19-45(32)58-47)25-40(39)55(41)29-21-23-46-37(24-29)31-12-4-7-18-44(31)57-46/h1-27,54H. The Labute approximate surface area is 340 Å². The number of aromatic amines is 1. The summed E-state index contributed by atoms with van der Waals surface area (Å²) in [6.45, 7) is 0. The molecule has 0 saturated carbocycles. The molecule has 5 heterocycles. The summed E-state index contributed by atoms with van der Waals surface area (Å²) in [5.41, 5.74) is 12.2. The monoisotopic (exact) mass is 771 g/mol. The van der Waals surface area contributed by atoms with Crippen LogP contribution in [0.4, 0.5) is 17.1 Å². The molecule has 3 nitrogen and oxygen atoms in total. The molecule has 267 valence electrons. The van der Waals surface area contributed by atoms with Crippen molar-refractivity contribution in [3.05, 3.63) is 164 Å². The van der Waals surface area contributed by atoms with Gasteiger partial charge in [0.25, 0.3) is 0 Å². The fraction of sp³-hybridized carbons (Fsp3) is 0. The second kappa shape index (κ2) is 11.4. The zero-order valence-electron chi connectivity index (χ0n) is 30.8. The molecule has 0 unspecified atom stereocenters. The molecule has 14 rings (SSSR count). The molecule has 0 bridgehead atoms. The van der Waals surface area contributed by atoms with Gasteiger partial charge in [-0.3, -0.25) is 0 Å². The van der Waals surface area contributed by atoms with Gasteiger partial charge in [0, 0.05) is 96.0 Å². The molecule has 1 radical (unpaired) electrons. The Bertz CT molecular complexity index is 3920. The van der Waals surface area contributed by atoms with Crippen LogP contribution in [0.1, 0.15) is 0 Å². The predicted molar refractivity (Wildman–Crippen MR) is 252 cm³/mol. The lowest BCUT2D eigenvalue weighted by Gasteiger charge is -2.35. The van der Waals surface area contributed by atoms with Crippen LogP contribution >= 0.6 is 22.7 Å². The maximum absolute atomic E-state index is 6.87. The van der Waals surface area contributed by atoms with Crippen molar-refractivity contribution < 1.29 is 4.42 Å². The van der Waals surface area contributed by atoms with E-state index in [0.717, 1.165) is 49.9 Å². The molecule has 0 aliphatic carbocycles. The van der Waals surface area contributed by atoms with Crippen LogP contribution in [0, 0.1) is 0 Å². The van der Waals surface area contributed by atoms with Gasteiger partial charge in [-0.05, 0) is 64.9 Å². The largest absolute Gasteiger partial charge is 0.456 e. The van der Waals surface area contributed by atoms with Gasteiger partial charge in [-0.15, -0.1) is 22.7 Å². The van der Waals surface area contributed by atoms with Crippen LogP contribution in [0.25, 0.3) is 106 Å². The van der Waals surface area contributed by atoms with Crippen molar-refractivity contribution in [3.63, 3.8) is 0 Å². The van der Waals surface area contributed by atoms with E-state index in [4.69, 9.17) is 4.42 Å². The fourth-order valence-electron chi connectivity index (χ4n) is 9.88. The lowest BCUT2D eigenvalue weighted by molar-refractivity contribution is 0.669. The van der Waals surface area contributed by atoms with Gasteiger partial charge in [-0.1, -0.05) is 115 Å². The van der Waals surface area contributed by atoms with Crippen LogP contribution in [0.3, 0.4) is 0 Å². The van der Waals surface area contributed by atoms with Gasteiger partial charge in [0.15, 0.2) is 7.28 Å². The molecule has 1 aliphatic heterocycles. The van der Waals surface area contributed by atoms with Crippen LogP contribution in [0.5, 0.6) is 0 Å². The van der Waals surface area contributed by atoms with Gasteiger partial charge in [0.05, 0.1) is 11.0 Å². The summed E-state index contributed by atoms with van der Waals surface area (Å²) in [5.74, 6) is 0. The van der Waals surface area contributed by atoms with E-state index in [1.165, 1.54) is 84.1 Å². The van der Waals surface area contributed by atoms with E-state index in [2.05, 4.69) is 181 Å². The maximum Gasteiger partial charge on any atom is 0.197 e. The van der Waals surface area contributed by atoms with E-state index >= 15 is 0 Å². The van der Waals surface area contributed by atoms with Crippen molar-refractivity contribution in [3.8, 4) is 11.1 Å². The Balaban J connectivity index is 1.13. The molecule has 13 aromatic rings. The third kappa shape index (κ3) is 4.18. The summed E-state index contributed by atoms with van der Waals surface area (Å²) in [6.07, 6.45) is 0. The third-order valence-corrected chi connectivity index (χ3v) is 14.7. The Hall–Kier alpha value is -6.86. The van der Waals surface area contributed by atoms with Gasteiger partial charge in [0.1, 0.15) is 11.2 Å². The number of anilines is 3. The normalized spacial score (nSPS) is 12.9. The van der Waals surface area contributed by atoms with Gasteiger partial charge in [0.2, 0.25) is 0 Å². The Morgan fingerprint density at radius 2 is 1.16 bits per heavy atom. The predicted octanol–water partition coefficient (Wildman–Crippen LogP) is 14.2. The molecule has 6 heteroatoms. The van der Waals surface area contributed by atoms with E-state index in [1.807, 2.05) is 22.7 Å². The first kappa shape index (κ1) is 31.3. The lowest BCUT2D eigenvalue weighted by Crippen LogP contribution is -2.41. The topological polar surface area (TPSA) is 32.2 Å². The molecular formula is C52H28BN2OS2. The second-order valence-corrected chi connectivity index (χ2v) is 17.6. The highest BCUT2D eigenvalue weighted by Gasteiger charge is 2.32. The summed E-state index contributed by atoms with van der Waals surface area (Å²) in [7, 11) is 2.44. The number of benzene rings is 9. The van der Waals surface area contributed by atoms with Crippen LogP contribution in [0.2, 0.25) is 0 Å². The fourth-order valence-corrected chi connectivity index (χ4v) is 12.1. The van der Waals surface area contributed by atoms with Crippen molar-refractivity contribution in [2.75, 3.05) is 4.90 Å². The van der Waals surface area contributed by atoms with Crippen LogP contribution in [0.15, 0.2) is 168 Å². The Kier molecular flexibility index (Phi) is 6.13. The highest BCUT2D eigenvalue weighted by atomic mass is 32.1. The summed E-state index contributed by atoms with van der Waals surface area (Å²) < 4.78 is 12.1. The van der Waals surface area contributed by atoms with E-state index in [1.54, 1.807) is 0 Å². The number of hydrogen-bond donors (Lipinski definition) is 1. The molecule has 4 aromatic heterocycles. The van der Waals surface area contributed by atoms with Crippen molar-refractivity contribution in [2.24, 2.45) is 0 Å². The Morgan fingerprint density at radius 3 is 2.02 bits per heavy atom. The molecule has 0 atom stereocenters. The number of thiophene rings is 2. The molecule has 1 aliphatic rings. The number of nitrogens with one attached hydrogen (secondary N) is 1.